The van der Waals surface area contributed by atoms with E-state index in [2.05, 4.69) is 15.3 Å². The highest BCUT2D eigenvalue weighted by Crippen LogP contribution is 2.40. The molecule has 3 aliphatic rings. The number of urea groups is 1. The highest BCUT2D eigenvalue weighted by atomic mass is 16.2. The number of carbonyl (C=O) groups is 1. The van der Waals surface area contributed by atoms with Crippen LogP contribution in [0.3, 0.4) is 0 Å². The smallest absolute Gasteiger partial charge is 0.321 e. The van der Waals surface area contributed by atoms with Crippen molar-refractivity contribution in [2.75, 3.05) is 22.9 Å². The van der Waals surface area contributed by atoms with Crippen LogP contribution in [0.25, 0.3) is 0 Å². The van der Waals surface area contributed by atoms with Gasteiger partial charge < -0.3 is 16.8 Å². The third-order valence-electron chi connectivity index (χ3n) is 5.11. The molecule has 2 fully saturated rings. The normalized spacial score (nSPS) is 22.6. The molecule has 1 aliphatic carbocycles. The van der Waals surface area contributed by atoms with Crippen LogP contribution in [0.5, 0.6) is 0 Å². The van der Waals surface area contributed by atoms with Crippen molar-refractivity contribution in [1.29, 1.82) is 0 Å². The number of hydrogen-bond acceptors (Lipinski definition) is 6. The summed E-state index contributed by atoms with van der Waals surface area (Å²) in [7, 11) is 0. The Morgan fingerprint density at radius 2 is 1.88 bits per heavy atom. The lowest BCUT2D eigenvalue weighted by molar-refractivity contribution is 0.252. The van der Waals surface area contributed by atoms with Gasteiger partial charge in [-0.05, 0) is 43.9 Å². The average molecular weight is 341 g/mol. The van der Waals surface area contributed by atoms with Gasteiger partial charge in [0.1, 0.15) is 5.66 Å². The molecule has 1 saturated carbocycles. The summed E-state index contributed by atoms with van der Waals surface area (Å²) in [5, 5.41) is 2.83. The van der Waals surface area contributed by atoms with E-state index in [0.29, 0.717) is 19.0 Å². The monoisotopic (exact) mass is 341 g/mol. The van der Waals surface area contributed by atoms with Crippen molar-refractivity contribution in [3.05, 3.63) is 24.3 Å². The fourth-order valence-electron chi connectivity index (χ4n) is 4.01. The van der Waals surface area contributed by atoms with E-state index in [1.807, 2.05) is 29.2 Å². The number of amides is 2. The maximum absolute atomic E-state index is 12.0. The Morgan fingerprint density at radius 1 is 1.12 bits per heavy atom. The third kappa shape index (κ3) is 2.67. The Morgan fingerprint density at radius 3 is 2.60 bits per heavy atom. The van der Waals surface area contributed by atoms with Crippen molar-refractivity contribution in [3.8, 4) is 0 Å². The molecule has 2 heterocycles. The van der Waals surface area contributed by atoms with Crippen LogP contribution in [0.2, 0.25) is 0 Å². The van der Waals surface area contributed by atoms with E-state index in [9.17, 15) is 4.79 Å². The molecule has 8 heteroatoms. The fourth-order valence-corrected chi connectivity index (χ4v) is 4.01. The van der Waals surface area contributed by atoms with E-state index in [1.54, 1.807) is 4.90 Å². The molecule has 0 bridgehead atoms. The quantitative estimate of drug-likeness (QED) is 0.753. The zero-order valence-electron chi connectivity index (χ0n) is 14.1. The predicted octanol–water partition coefficient (Wildman–Crippen LogP) is 1.33. The van der Waals surface area contributed by atoms with Gasteiger partial charge in [0.2, 0.25) is 11.9 Å². The summed E-state index contributed by atoms with van der Waals surface area (Å²) in [5.74, 6) is 0.600. The van der Waals surface area contributed by atoms with E-state index in [4.69, 9.17) is 11.5 Å². The molecule has 2 amide bonds. The second kappa shape index (κ2) is 5.94. The van der Waals surface area contributed by atoms with Gasteiger partial charge in [0.15, 0.2) is 0 Å². The number of rotatable bonds is 2. The van der Waals surface area contributed by atoms with Crippen molar-refractivity contribution < 1.29 is 4.79 Å². The topological polar surface area (TPSA) is 112 Å². The van der Waals surface area contributed by atoms with Gasteiger partial charge in [0.25, 0.3) is 0 Å². The van der Waals surface area contributed by atoms with Crippen molar-refractivity contribution in [1.82, 2.24) is 5.32 Å². The second-order valence-corrected chi connectivity index (χ2v) is 6.72. The molecule has 0 unspecified atom stereocenters. The summed E-state index contributed by atoms with van der Waals surface area (Å²) >= 11 is 0. The fraction of sp³-hybridized carbons (Fsp3) is 0.471. The molecule has 1 aromatic rings. The molecule has 1 spiro atoms. The molecule has 2 aliphatic heterocycles. The van der Waals surface area contributed by atoms with Crippen molar-refractivity contribution >= 4 is 29.3 Å². The highest BCUT2D eigenvalue weighted by Gasteiger charge is 2.42. The summed E-state index contributed by atoms with van der Waals surface area (Å²) in [5.41, 5.74) is 13.4. The predicted molar refractivity (Wildman–Crippen MR) is 98.7 cm³/mol. The second-order valence-electron chi connectivity index (χ2n) is 6.72. The number of nitrogens with one attached hydrogen (secondary N) is 1. The molecule has 132 valence electrons. The summed E-state index contributed by atoms with van der Waals surface area (Å²) in [4.78, 5) is 24.6. The molecule has 25 heavy (non-hydrogen) atoms. The summed E-state index contributed by atoms with van der Waals surface area (Å²) in [6.45, 7) is 1.31. The largest absolute Gasteiger partial charge is 0.369 e. The minimum Gasteiger partial charge on any atom is -0.369 e. The van der Waals surface area contributed by atoms with Crippen molar-refractivity contribution in [3.63, 3.8) is 0 Å². The lowest BCUT2D eigenvalue weighted by Gasteiger charge is -2.45. The Labute approximate surface area is 146 Å². The van der Waals surface area contributed by atoms with Gasteiger partial charge in [-0.1, -0.05) is 12.5 Å². The molecule has 0 radical (unpaired) electrons. The molecule has 5 N–H and O–H groups in total. The molecular formula is C17H23N7O. The Kier molecular flexibility index (Phi) is 3.74. The number of guanidine groups is 2. The minimum absolute atomic E-state index is 0.0768. The zero-order valence-corrected chi connectivity index (χ0v) is 14.1. The van der Waals surface area contributed by atoms with Gasteiger partial charge in [-0.2, -0.15) is 4.99 Å². The van der Waals surface area contributed by atoms with Gasteiger partial charge in [0.05, 0.1) is 0 Å². The summed E-state index contributed by atoms with van der Waals surface area (Å²) in [6, 6.07) is 7.74. The van der Waals surface area contributed by atoms with Crippen LogP contribution < -0.4 is 26.6 Å². The van der Waals surface area contributed by atoms with Gasteiger partial charge >= 0.3 is 6.03 Å². The molecule has 4 rings (SSSR count). The molecule has 1 saturated heterocycles. The van der Waals surface area contributed by atoms with Gasteiger partial charge in [-0.15, -0.1) is 0 Å². The number of hydrogen-bond donors (Lipinski definition) is 3. The van der Waals surface area contributed by atoms with Crippen LogP contribution in [-0.4, -0.2) is 36.7 Å². The summed E-state index contributed by atoms with van der Waals surface area (Å²) < 4.78 is 0. The number of anilines is 2. The number of aliphatic imine (C=N–C) groups is 2. The van der Waals surface area contributed by atoms with E-state index >= 15 is 0 Å². The third-order valence-corrected chi connectivity index (χ3v) is 5.11. The first kappa shape index (κ1) is 15.7. The summed E-state index contributed by atoms with van der Waals surface area (Å²) in [6.07, 6.45) is 5.12. The molecular weight excluding hydrogens is 318 g/mol. The van der Waals surface area contributed by atoms with Gasteiger partial charge in [-0.3, -0.25) is 9.80 Å². The Balaban J connectivity index is 1.74. The first-order chi connectivity index (χ1) is 12.1. The maximum Gasteiger partial charge on any atom is 0.321 e. The number of nitrogens with zero attached hydrogens (tertiary/aromatic N) is 4. The van der Waals surface area contributed by atoms with Gasteiger partial charge in [-0.25, -0.2) is 9.79 Å². The lowest BCUT2D eigenvalue weighted by Crippen LogP contribution is -2.58. The first-order valence-corrected chi connectivity index (χ1v) is 8.74. The average Bonchev–Trinajstić information content (AvgIpc) is 3.01. The molecule has 1 aromatic carbocycles. The Bertz CT molecular complexity index is 751. The first-order valence-electron chi connectivity index (χ1n) is 8.74. The van der Waals surface area contributed by atoms with E-state index in [-0.39, 0.29) is 12.0 Å². The molecule has 0 atom stereocenters. The van der Waals surface area contributed by atoms with Crippen LogP contribution in [0, 0.1) is 0 Å². The van der Waals surface area contributed by atoms with Crippen LogP contribution in [-0.2, 0) is 0 Å². The molecule has 8 nitrogen and oxygen atoms in total. The number of nitrogens with two attached hydrogens (primary N) is 2. The van der Waals surface area contributed by atoms with Crippen LogP contribution in [0.4, 0.5) is 16.2 Å². The van der Waals surface area contributed by atoms with Crippen molar-refractivity contribution in [2.45, 2.75) is 37.8 Å². The number of benzene rings is 1. The van der Waals surface area contributed by atoms with E-state index in [0.717, 1.165) is 37.1 Å². The van der Waals surface area contributed by atoms with Crippen LogP contribution >= 0.6 is 0 Å². The van der Waals surface area contributed by atoms with Crippen LogP contribution in [0.15, 0.2) is 34.3 Å². The van der Waals surface area contributed by atoms with E-state index in [1.165, 1.54) is 6.42 Å². The van der Waals surface area contributed by atoms with Gasteiger partial charge in [0, 0.05) is 24.5 Å². The standard InChI is InChI=1S/C17H23N7O/c18-14-21-15(19)24(17(22-14)7-2-1-3-8-17)13-6-4-5-12(11-13)23-10-9-20-16(23)25/h4-6,11H,1-3,7-10H2,(H,20,25)(H4,18,19,21,22). The highest BCUT2D eigenvalue weighted by molar-refractivity contribution is 6.06. The van der Waals surface area contributed by atoms with Crippen molar-refractivity contribution in [2.24, 2.45) is 21.5 Å². The molecule has 0 aromatic heterocycles. The van der Waals surface area contributed by atoms with E-state index < -0.39 is 5.66 Å². The zero-order chi connectivity index (χ0) is 17.4. The Hall–Kier alpha value is -2.77. The SMILES string of the molecule is NC1=NC2(CCCCC2)N(c2cccc(N3CCNC3=O)c2)C(N)=N1. The number of carbonyl (C=O) groups excluding carboxylic acids is 1. The van der Waals surface area contributed by atoms with Crippen LogP contribution in [0.1, 0.15) is 32.1 Å². The maximum atomic E-state index is 12.0. The minimum atomic E-state index is -0.472. The lowest BCUT2D eigenvalue weighted by atomic mass is 9.87.